The molecular formula is C51H29N3O2S. The Balaban J connectivity index is 1.01. The molecule has 8 aromatic carbocycles. The molecule has 0 aliphatic carbocycles. The van der Waals surface area contributed by atoms with Gasteiger partial charge in [-0.3, -0.25) is 0 Å². The van der Waals surface area contributed by atoms with Gasteiger partial charge in [-0.05, 0) is 64.7 Å². The molecule has 12 rings (SSSR count). The molecular weight excluding hydrogens is 719 g/mol. The Kier molecular flexibility index (Phi) is 7.03. The van der Waals surface area contributed by atoms with Gasteiger partial charge < -0.3 is 8.83 Å². The Hall–Kier alpha value is -7.41. The molecule has 0 aliphatic rings. The lowest BCUT2D eigenvalue weighted by Gasteiger charge is -2.09. The Morgan fingerprint density at radius 3 is 1.82 bits per heavy atom. The molecule has 12 aromatic rings. The number of fused-ring (bicyclic) bond motifs is 9. The van der Waals surface area contributed by atoms with Gasteiger partial charge in [0.15, 0.2) is 17.5 Å². The third-order valence-electron chi connectivity index (χ3n) is 11.0. The number of hydrogen-bond acceptors (Lipinski definition) is 6. The molecule has 0 radical (unpaired) electrons. The normalized spacial score (nSPS) is 11.9. The average Bonchev–Trinajstić information content (AvgIpc) is 3.97. The van der Waals surface area contributed by atoms with E-state index in [-0.39, 0.29) is 0 Å². The van der Waals surface area contributed by atoms with Gasteiger partial charge in [0.25, 0.3) is 0 Å². The minimum absolute atomic E-state index is 0.537. The summed E-state index contributed by atoms with van der Waals surface area (Å²) in [7, 11) is 0. The van der Waals surface area contributed by atoms with Crippen LogP contribution in [0.1, 0.15) is 0 Å². The minimum Gasteiger partial charge on any atom is -0.456 e. The summed E-state index contributed by atoms with van der Waals surface area (Å²) in [4.78, 5) is 15.3. The van der Waals surface area contributed by atoms with Crippen molar-refractivity contribution in [2.75, 3.05) is 0 Å². The van der Waals surface area contributed by atoms with E-state index in [4.69, 9.17) is 23.8 Å². The van der Waals surface area contributed by atoms with Crippen molar-refractivity contribution >= 4 is 75.4 Å². The maximum absolute atomic E-state index is 6.79. The highest BCUT2D eigenvalue weighted by atomic mass is 32.1. The molecule has 266 valence electrons. The number of furan rings is 2. The van der Waals surface area contributed by atoms with E-state index in [1.807, 2.05) is 72.0 Å². The molecule has 0 atom stereocenters. The molecule has 6 heteroatoms. The molecule has 0 spiro atoms. The summed E-state index contributed by atoms with van der Waals surface area (Å²) < 4.78 is 15.8. The van der Waals surface area contributed by atoms with Crippen molar-refractivity contribution in [2.24, 2.45) is 0 Å². The Morgan fingerprint density at radius 2 is 0.965 bits per heavy atom. The molecule has 0 amide bonds. The zero-order valence-corrected chi connectivity index (χ0v) is 31.1. The van der Waals surface area contributed by atoms with Gasteiger partial charge in [-0.2, -0.15) is 0 Å². The van der Waals surface area contributed by atoms with E-state index in [2.05, 4.69) is 115 Å². The fourth-order valence-electron chi connectivity index (χ4n) is 8.28. The number of rotatable bonds is 5. The zero-order chi connectivity index (χ0) is 37.5. The highest BCUT2D eigenvalue weighted by Crippen LogP contribution is 2.43. The van der Waals surface area contributed by atoms with Crippen molar-refractivity contribution in [1.29, 1.82) is 0 Å². The van der Waals surface area contributed by atoms with Crippen molar-refractivity contribution < 1.29 is 8.83 Å². The third-order valence-corrected chi connectivity index (χ3v) is 12.2. The van der Waals surface area contributed by atoms with E-state index >= 15 is 0 Å². The van der Waals surface area contributed by atoms with E-state index in [1.165, 1.54) is 25.7 Å². The topological polar surface area (TPSA) is 65.0 Å². The summed E-state index contributed by atoms with van der Waals surface area (Å²) in [5.41, 5.74) is 10.3. The molecule has 0 fully saturated rings. The molecule has 0 N–H and O–H groups in total. The molecule has 4 aromatic heterocycles. The molecule has 57 heavy (non-hydrogen) atoms. The Bertz CT molecular complexity index is 3530. The van der Waals surface area contributed by atoms with Gasteiger partial charge in [-0.15, -0.1) is 11.3 Å². The molecule has 0 aliphatic heterocycles. The SMILES string of the molecule is c1ccc(-c2nc(-c3ccc4c(c3)oc3cccc(-c5ccccc5)c34)nc(-c3cccc4c3oc3cc(-c5cccc6c5sc5ccccc56)ccc34)n2)cc1. The second-order valence-corrected chi connectivity index (χ2v) is 15.4. The lowest BCUT2D eigenvalue weighted by molar-refractivity contribution is 0.668. The first-order valence-electron chi connectivity index (χ1n) is 18.9. The predicted octanol–water partition coefficient (Wildman–Crippen LogP) is 14.4. The van der Waals surface area contributed by atoms with Crippen LogP contribution in [0.15, 0.2) is 185 Å². The first-order valence-corrected chi connectivity index (χ1v) is 19.7. The summed E-state index contributed by atoms with van der Waals surface area (Å²) in [6.45, 7) is 0. The molecule has 0 unspecified atom stereocenters. The van der Waals surface area contributed by atoms with Crippen LogP contribution in [0, 0.1) is 0 Å². The summed E-state index contributed by atoms with van der Waals surface area (Å²) in [5.74, 6) is 1.67. The monoisotopic (exact) mass is 747 g/mol. The fourth-order valence-corrected chi connectivity index (χ4v) is 9.52. The van der Waals surface area contributed by atoms with Gasteiger partial charge in [0, 0.05) is 52.8 Å². The second kappa shape index (κ2) is 12.6. The molecule has 5 nitrogen and oxygen atoms in total. The predicted molar refractivity (Wildman–Crippen MR) is 234 cm³/mol. The van der Waals surface area contributed by atoms with Crippen LogP contribution in [0.4, 0.5) is 0 Å². The first-order chi connectivity index (χ1) is 28.2. The van der Waals surface area contributed by atoms with Crippen LogP contribution in [0.25, 0.3) is 120 Å². The van der Waals surface area contributed by atoms with E-state index in [1.54, 1.807) is 0 Å². The van der Waals surface area contributed by atoms with Crippen molar-refractivity contribution in [2.45, 2.75) is 0 Å². The van der Waals surface area contributed by atoms with Gasteiger partial charge in [0.1, 0.15) is 22.3 Å². The fraction of sp³-hybridized carbons (Fsp3) is 0. The van der Waals surface area contributed by atoms with Crippen LogP contribution in [-0.4, -0.2) is 15.0 Å². The summed E-state index contributed by atoms with van der Waals surface area (Å²) in [6.07, 6.45) is 0. The molecule has 0 bridgehead atoms. The summed E-state index contributed by atoms with van der Waals surface area (Å²) in [6, 6.07) is 60.8. The van der Waals surface area contributed by atoms with E-state index < -0.39 is 0 Å². The van der Waals surface area contributed by atoms with E-state index in [9.17, 15) is 0 Å². The minimum atomic E-state index is 0.537. The van der Waals surface area contributed by atoms with E-state index in [0.29, 0.717) is 17.5 Å². The lowest BCUT2D eigenvalue weighted by Crippen LogP contribution is -2.00. The average molecular weight is 748 g/mol. The largest absolute Gasteiger partial charge is 0.456 e. The van der Waals surface area contributed by atoms with Gasteiger partial charge in [0.05, 0.1) is 5.56 Å². The van der Waals surface area contributed by atoms with Gasteiger partial charge >= 0.3 is 0 Å². The maximum atomic E-state index is 6.79. The number of aromatic nitrogens is 3. The number of benzene rings is 8. The highest BCUT2D eigenvalue weighted by molar-refractivity contribution is 7.26. The zero-order valence-electron chi connectivity index (χ0n) is 30.3. The second-order valence-electron chi connectivity index (χ2n) is 14.3. The summed E-state index contributed by atoms with van der Waals surface area (Å²) >= 11 is 1.83. The first kappa shape index (κ1) is 31.9. The number of para-hydroxylation sites is 1. The Labute approximate surface area is 330 Å². The van der Waals surface area contributed by atoms with E-state index in [0.717, 1.165) is 77.3 Å². The smallest absolute Gasteiger partial charge is 0.167 e. The number of hydrogen-bond donors (Lipinski definition) is 0. The van der Waals surface area contributed by atoms with Crippen LogP contribution in [0.3, 0.4) is 0 Å². The highest BCUT2D eigenvalue weighted by Gasteiger charge is 2.20. The Morgan fingerprint density at radius 1 is 0.351 bits per heavy atom. The number of nitrogens with zero attached hydrogens (tertiary/aromatic N) is 3. The summed E-state index contributed by atoms with van der Waals surface area (Å²) in [5, 5.41) is 6.75. The van der Waals surface area contributed by atoms with Crippen LogP contribution in [-0.2, 0) is 0 Å². The van der Waals surface area contributed by atoms with Crippen molar-refractivity contribution in [3.63, 3.8) is 0 Å². The van der Waals surface area contributed by atoms with Crippen LogP contribution in [0.2, 0.25) is 0 Å². The molecule has 0 saturated heterocycles. The van der Waals surface area contributed by atoms with Crippen molar-refractivity contribution in [1.82, 2.24) is 15.0 Å². The maximum Gasteiger partial charge on any atom is 0.167 e. The van der Waals surface area contributed by atoms with Crippen molar-refractivity contribution in [3.8, 4) is 56.4 Å². The quantitative estimate of drug-likeness (QED) is 0.175. The van der Waals surface area contributed by atoms with Gasteiger partial charge in [-0.25, -0.2) is 15.0 Å². The van der Waals surface area contributed by atoms with Gasteiger partial charge in [0.2, 0.25) is 0 Å². The van der Waals surface area contributed by atoms with Crippen LogP contribution in [0.5, 0.6) is 0 Å². The van der Waals surface area contributed by atoms with Gasteiger partial charge in [-0.1, -0.05) is 133 Å². The van der Waals surface area contributed by atoms with Crippen molar-refractivity contribution in [3.05, 3.63) is 176 Å². The molecule has 0 saturated carbocycles. The number of thiophene rings is 1. The third kappa shape index (κ3) is 5.12. The van der Waals surface area contributed by atoms with Crippen LogP contribution < -0.4 is 0 Å². The standard InChI is InChI=1S/C51H29N3O2S/c1-3-12-30(13-4-1)34-17-11-22-42-46(34)40-27-25-33(29-44(40)55-42)50-52-49(31-14-5-2-6-15-31)53-51(54-50)41-21-10-19-38-36-26-24-32(28-43(36)56-47(38)41)35-18-9-20-39-37-16-7-8-23-45(37)57-48(35)39/h1-29H. The van der Waals surface area contributed by atoms with Crippen LogP contribution >= 0.6 is 11.3 Å². The molecule has 4 heterocycles. The lowest BCUT2D eigenvalue weighted by atomic mass is 9.99.